The maximum absolute atomic E-state index is 13.4. The Morgan fingerprint density at radius 2 is 2.29 bits per heavy atom. The molecule has 5 heteroatoms. The molecule has 0 atom stereocenters. The van der Waals surface area contributed by atoms with Gasteiger partial charge in [-0.15, -0.1) is 0 Å². The number of aromatic nitrogens is 1. The minimum Gasteiger partial charge on any atom is -0.484 e. The van der Waals surface area contributed by atoms with E-state index < -0.39 is 5.82 Å². The molecule has 0 N–H and O–H groups in total. The second-order valence-electron chi connectivity index (χ2n) is 3.47. The Labute approximate surface area is 97.2 Å². The highest BCUT2D eigenvalue weighted by molar-refractivity contribution is 5.36. The summed E-state index contributed by atoms with van der Waals surface area (Å²) in [5.74, 6) is 0.192. The van der Waals surface area contributed by atoms with Crippen molar-refractivity contribution in [3.63, 3.8) is 0 Å². The van der Waals surface area contributed by atoms with E-state index in [-0.39, 0.29) is 17.9 Å². The maximum atomic E-state index is 13.4. The zero-order valence-electron chi connectivity index (χ0n) is 9.11. The fraction of sp³-hybridized carbons (Fsp3) is 0.167. The number of halogens is 1. The Bertz CT molecular complexity index is 572. The molecule has 0 aliphatic rings. The smallest absolute Gasteiger partial charge is 0.166 e. The van der Waals surface area contributed by atoms with E-state index in [1.807, 2.05) is 6.07 Å². The van der Waals surface area contributed by atoms with E-state index in [1.54, 1.807) is 13.0 Å². The number of ether oxygens (including phenoxy) is 1. The monoisotopic (exact) mass is 232 g/mol. The lowest BCUT2D eigenvalue weighted by molar-refractivity contribution is 0.275. The molecule has 0 bridgehead atoms. The van der Waals surface area contributed by atoms with Crippen molar-refractivity contribution >= 4 is 0 Å². The van der Waals surface area contributed by atoms with Crippen molar-refractivity contribution in [2.45, 2.75) is 13.5 Å². The second kappa shape index (κ2) is 4.66. The molecule has 1 heterocycles. The van der Waals surface area contributed by atoms with Crippen LogP contribution in [0.1, 0.15) is 17.0 Å². The number of nitrogens with zero attached hydrogens (tertiary/aromatic N) is 2. The summed E-state index contributed by atoms with van der Waals surface area (Å²) in [5.41, 5.74) is 0.846. The highest BCUT2D eigenvalue weighted by Crippen LogP contribution is 2.19. The van der Waals surface area contributed by atoms with Crippen LogP contribution in [0.2, 0.25) is 0 Å². The van der Waals surface area contributed by atoms with Crippen LogP contribution in [0, 0.1) is 24.1 Å². The van der Waals surface area contributed by atoms with Gasteiger partial charge in [0, 0.05) is 6.07 Å². The van der Waals surface area contributed by atoms with E-state index in [4.69, 9.17) is 14.5 Å². The topological polar surface area (TPSA) is 59.0 Å². The zero-order chi connectivity index (χ0) is 12.3. The molecule has 17 heavy (non-hydrogen) atoms. The summed E-state index contributed by atoms with van der Waals surface area (Å²) < 4.78 is 23.5. The van der Waals surface area contributed by atoms with Crippen LogP contribution >= 0.6 is 0 Å². The first-order valence-electron chi connectivity index (χ1n) is 4.93. The third-order valence-corrected chi connectivity index (χ3v) is 2.11. The van der Waals surface area contributed by atoms with Crippen LogP contribution < -0.4 is 4.74 Å². The average molecular weight is 232 g/mol. The second-order valence-corrected chi connectivity index (χ2v) is 3.47. The molecule has 0 saturated heterocycles. The predicted molar refractivity (Wildman–Crippen MR) is 56.7 cm³/mol. The standard InChI is InChI=1S/C12H9FN2O2/c1-8-4-10(15-17-8)7-16-12-3-2-9(6-14)5-11(12)13/h2-5H,7H2,1H3. The molecule has 4 nitrogen and oxygen atoms in total. The summed E-state index contributed by atoms with van der Waals surface area (Å²) in [7, 11) is 0. The van der Waals surface area contributed by atoms with Crippen molar-refractivity contribution in [3.05, 3.63) is 47.1 Å². The van der Waals surface area contributed by atoms with Gasteiger partial charge in [-0.05, 0) is 25.1 Å². The number of hydrogen-bond acceptors (Lipinski definition) is 4. The number of aryl methyl sites for hydroxylation is 1. The minimum atomic E-state index is -0.565. The van der Waals surface area contributed by atoms with Crippen LogP contribution in [0.4, 0.5) is 4.39 Å². The molecule has 2 rings (SSSR count). The fourth-order valence-corrected chi connectivity index (χ4v) is 1.33. The minimum absolute atomic E-state index is 0.0876. The van der Waals surface area contributed by atoms with Gasteiger partial charge < -0.3 is 9.26 Å². The molecule has 0 unspecified atom stereocenters. The molecule has 1 aromatic carbocycles. The summed E-state index contributed by atoms with van der Waals surface area (Å²) in [6.45, 7) is 1.89. The van der Waals surface area contributed by atoms with Crippen molar-refractivity contribution in [2.75, 3.05) is 0 Å². The highest BCUT2D eigenvalue weighted by atomic mass is 19.1. The molecule has 0 spiro atoms. The van der Waals surface area contributed by atoms with Gasteiger partial charge in [-0.25, -0.2) is 4.39 Å². The Morgan fingerprint density at radius 1 is 1.47 bits per heavy atom. The van der Waals surface area contributed by atoms with E-state index in [0.29, 0.717) is 11.5 Å². The Kier molecular flexibility index (Phi) is 3.06. The van der Waals surface area contributed by atoms with Gasteiger partial charge in [0.2, 0.25) is 0 Å². The van der Waals surface area contributed by atoms with Crippen molar-refractivity contribution < 1.29 is 13.7 Å². The van der Waals surface area contributed by atoms with Crippen LogP contribution in [0.3, 0.4) is 0 Å². The lowest BCUT2D eigenvalue weighted by atomic mass is 10.2. The van der Waals surface area contributed by atoms with Crippen molar-refractivity contribution in [1.29, 1.82) is 5.26 Å². The average Bonchev–Trinajstić information content (AvgIpc) is 2.73. The molecule has 0 amide bonds. The number of hydrogen-bond donors (Lipinski definition) is 0. The Hall–Kier alpha value is -2.35. The van der Waals surface area contributed by atoms with Crippen molar-refractivity contribution in [1.82, 2.24) is 5.16 Å². The van der Waals surface area contributed by atoms with Crippen LogP contribution in [0.15, 0.2) is 28.8 Å². The van der Waals surface area contributed by atoms with Crippen LogP contribution in [0.25, 0.3) is 0 Å². The number of rotatable bonds is 3. The van der Waals surface area contributed by atoms with E-state index in [1.165, 1.54) is 12.1 Å². The van der Waals surface area contributed by atoms with Gasteiger partial charge >= 0.3 is 0 Å². The van der Waals surface area contributed by atoms with Gasteiger partial charge in [0.15, 0.2) is 11.6 Å². The van der Waals surface area contributed by atoms with Gasteiger partial charge in [0.25, 0.3) is 0 Å². The van der Waals surface area contributed by atoms with Gasteiger partial charge in [0.05, 0.1) is 11.6 Å². The quantitative estimate of drug-likeness (QED) is 0.816. The van der Waals surface area contributed by atoms with Gasteiger partial charge in [-0.2, -0.15) is 5.26 Å². The molecular weight excluding hydrogens is 223 g/mol. The molecule has 1 aromatic heterocycles. The van der Waals surface area contributed by atoms with Crippen LogP contribution in [-0.4, -0.2) is 5.16 Å². The number of benzene rings is 1. The molecule has 0 aliphatic heterocycles. The summed E-state index contributed by atoms with van der Waals surface area (Å²) in [4.78, 5) is 0. The van der Waals surface area contributed by atoms with Crippen LogP contribution in [-0.2, 0) is 6.61 Å². The maximum Gasteiger partial charge on any atom is 0.166 e. The first-order valence-corrected chi connectivity index (χ1v) is 4.93. The molecular formula is C12H9FN2O2. The lowest BCUT2D eigenvalue weighted by Crippen LogP contribution is -1.97. The van der Waals surface area contributed by atoms with Gasteiger partial charge in [-0.1, -0.05) is 5.16 Å². The summed E-state index contributed by atoms with van der Waals surface area (Å²) in [5, 5.41) is 12.3. The SMILES string of the molecule is Cc1cc(COc2ccc(C#N)cc2F)no1. The van der Waals surface area contributed by atoms with Crippen molar-refractivity contribution in [2.24, 2.45) is 0 Å². The van der Waals surface area contributed by atoms with Gasteiger partial charge in [-0.3, -0.25) is 0 Å². The van der Waals surface area contributed by atoms with E-state index in [9.17, 15) is 4.39 Å². The molecule has 0 fully saturated rings. The lowest BCUT2D eigenvalue weighted by Gasteiger charge is -2.04. The van der Waals surface area contributed by atoms with E-state index in [2.05, 4.69) is 5.16 Å². The molecule has 0 aliphatic carbocycles. The normalized spacial score (nSPS) is 9.94. The highest BCUT2D eigenvalue weighted by Gasteiger charge is 2.06. The zero-order valence-corrected chi connectivity index (χ0v) is 9.11. The molecule has 86 valence electrons. The first kappa shape index (κ1) is 11.1. The molecule has 2 aromatic rings. The van der Waals surface area contributed by atoms with E-state index >= 15 is 0 Å². The predicted octanol–water partition coefficient (Wildman–Crippen LogP) is 2.57. The largest absolute Gasteiger partial charge is 0.484 e. The Morgan fingerprint density at radius 3 is 2.88 bits per heavy atom. The molecule has 0 saturated carbocycles. The van der Waals surface area contributed by atoms with Crippen molar-refractivity contribution in [3.8, 4) is 11.8 Å². The molecule has 0 radical (unpaired) electrons. The third-order valence-electron chi connectivity index (χ3n) is 2.11. The summed E-state index contributed by atoms with van der Waals surface area (Å²) in [6, 6.07) is 7.60. The fourth-order valence-electron chi connectivity index (χ4n) is 1.33. The summed E-state index contributed by atoms with van der Waals surface area (Å²) >= 11 is 0. The third kappa shape index (κ3) is 2.61. The summed E-state index contributed by atoms with van der Waals surface area (Å²) in [6.07, 6.45) is 0. The van der Waals surface area contributed by atoms with E-state index in [0.717, 1.165) is 6.07 Å². The number of nitriles is 1. The first-order chi connectivity index (χ1) is 8.19. The van der Waals surface area contributed by atoms with Gasteiger partial charge in [0.1, 0.15) is 18.1 Å². The van der Waals surface area contributed by atoms with Crippen LogP contribution in [0.5, 0.6) is 5.75 Å². The Balaban J connectivity index is 2.07.